The van der Waals surface area contributed by atoms with E-state index in [2.05, 4.69) is 9.97 Å². The highest BCUT2D eigenvalue weighted by molar-refractivity contribution is 5.97. The molecule has 0 spiro atoms. The molecule has 1 saturated heterocycles. The number of hydrogen-bond donors (Lipinski definition) is 1. The number of rotatable bonds is 2. The second kappa shape index (κ2) is 6.67. The van der Waals surface area contributed by atoms with Gasteiger partial charge in [0.05, 0.1) is 5.56 Å². The zero-order chi connectivity index (χ0) is 18.1. The molecule has 1 aliphatic heterocycles. The first kappa shape index (κ1) is 16.4. The highest BCUT2D eigenvalue weighted by Crippen LogP contribution is 2.19. The maximum absolute atomic E-state index is 12.9. The number of H-pyrrole nitrogens is 1. The molecule has 7 nitrogen and oxygen atoms in total. The van der Waals surface area contributed by atoms with Crippen molar-refractivity contribution in [1.82, 2.24) is 19.8 Å². The van der Waals surface area contributed by atoms with Crippen molar-refractivity contribution in [3.05, 3.63) is 53.7 Å². The normalized spacial score (nSPS) is 15.3. The number of aryl methyl sites for hydroxylation is 1. The van der Waals surface area contributed by atoms with Crippen LogP contribution < -0.4 is 0 Å². The number of hydrogen-bond acceptors (Lipinski definition) is 4. The lowest BCUT2D eigenvalue weighted by Gasteiger charge is -2.22. The molecule has 0 atom stereocenters. The van der Waals surface area contributed by atoms with Crippen LogP contribution in [0, 0.1) is 6.92 Å². The van der Waals surface area contributed by atoms with Gasteiger partial charge in [0.25, 0.3) is 11.8 Å². The zero-order valence-electron chi connectivity index (χ0n) is 14.6. The predicted octanol–water partition coefficient (Wildman–Crippen LogP) is 2.45. The van der Waals surface area contributed by atoms with Crippen molar-refractivity contribution < 1.29 is 14.0 Å². The van der Waals surface area contributed by atoms with Gasteiger partial charge >= 0.3 is 0 Å². The van der Waals surface area contributed by atoms with Gasteiger partial charge in [0.2, 0.25) is 0 Å². The molecule has 1 N–H and O–H groups in total. The summed E-state index contributed by atoms with van der Waals surface area (Å²) in [5.74, 6) is 0.543. The first-order valence-electron chi connectivity index (χ1n) is 8.70. The van der Waals surface area contributed by atoms with Crippen molar-refractivity contribution >= 4 is 22.9 Å². The minimum atomic E-state index is -0.0384. The Morgan fingerprint density at radius 1 is 1.04 bits per heavy atom. The van der Waals surface area contributed by atoms with Crippen LogP contribution in [0.5, 0.6) is 0 Å². The summed E-state index contributed by atoms with van der Waals surface area (Å²) in [6.45, 7) is 4.11. The summed E-state index contributed by atoms with van der Waals surface area (Å²) in [6, 6.07) is 7.08. The van der Waals surface area contributed by atoms with Gasteiger partial charge in [-0.3, -0.25) is 9.59 Å². The Bertz CT molecular complexity index is 945. The molecule has 0 bridgehead atoms. The fourth-order valence-electron chi connectivity index (χ4n) is 3.32. The summed E-state index contributed by atoms with van der Waals surface area (Å²) in [4.78, 5) is 36.2. The molecule has 2 aromatic heterocycles. The van der Waals surface area contributed by atoms with Crippen LogP contribution in [-0.2, 0) is 0 Å². The van der Waals surface area contributed by atoms with Gasteiger partial charge in [0.15, 0.2) is 11.5 Å². The standard InChI is InChI=1S/C19H20N4O3/c1-13-21-16-11-14(3-4-17(16)26-13)18(24)22-7-2-8-23(10-9-22)19(25)15-5-6-20-12-15/h3-6,11-12,20H,2,7-10H2,1H3. The van der Waals surface area contributed by atoms with Crippen molar-refractivity contribution in [2.75, 3.05) is 26.2 Å². The summed E-state index contributed by atoms with van der Waals surface area (Å²) in [5.41, 5.74) is 2.61. The SMILES string of the molecule is Cc1nc2cc(C(=O)N3CCCN(C(=O)c4cc[nH]c4)CC3)ccc2o1. The molecule has 1 fully saturated rings. The van der Waals surface area contributed by atoms with Gasteiger partial charge in [-0.2, -0.15) is 0 Å². The average molecular weight is 352 g/mol. The van der Waals surface area contributed by atoms with Crippen LogP contribution in [0.2, 0.25) is 0 Å². The van der Waals surface area contributed by atoms with E-state index in [1.54, 1.807) is 53.4 Å². The summed E-state index contributed by atoms with van der Waals surface area (Å²) in [6.07, 6.45) is 4.20. The van der Waals surface area contributed by atoms with E-state index >= 15 is 0 Å². The van der Waals surface area contributed by atoms with Crippen LogP contribution in [-0.4, -0.2) is 57.8 Å². The Morgan fingerprint density at radius 2 is 1.77 bits per heavy atom. The topological polar surface area (TPSA) is 82.4 Å². The third kappa shape index (κ3) is 3.08. The number of nitrogens with zero attached hydrogens (tertiary/aromatic N) is 3. The number of nitrogens with one attached hydrogen (secondary N) is 1. The molecular weight excluding hydrogens is 332 g/mol. The number of aromatic nitrogens is 2. The van der Waals surface area contributed by atoms with E-state index in [1.807, 2.05) is 0 Å². The van der Waals surface area contributed by atoms with Gasteiger partial charge in [-0.15, -0.1) is 0 Å². The molecule has 0 aliphatic carbocycles. The molecule has 0 unspecified atom stereocenters. The smallest absolute Gasteiger partial charge is 0.255 e. The summed E-state index contributed by atoms with van der Waals surface area (Å²) in [5, 5.41) is 0. The second-order valence-electron chi connectivity index (χ2n) is 6.45. The minimum absolute atomic E-state index is 0.0000379. The lowest BCUT2D eigenvalue weighted by Crippen LogP contribution is -2.37. The van der Waals surface area contributed by atoms with Crippen LogP contribution in [0.15, 0.2) is 41.1 Å². The summed E-state index contributed by atoms with van der Waals surface area (Å²) >= 11 is 0. The molecule has 7 heteroatoms. The lowest BCUT2D eigenvalue weighted by molar-refractivity contribution is 0.0719. The van der Waals surface area contributed by atoms with Crippen molar-refractivity contribution in [3.8, 4) is 0 Å². The fourth-order valence-corrected chi connectivity index (χ4v) is 3.32. The van der Waals surface area contributed by atoms with E-state index in [-0.39, 0.29) is 11.8 Å². The van der Waals surface area contributed by atoms with Crippen molar-refractivity contribution in [2.45, 2.75) is 13.3 Å². The van der Waals surface area contributed by atoms with E-state index in [1.165, 1.54) is 0 Å². The molecule has 3 heterocycles. The number of fused-ring (bicyclic) bond motifs is 1. The largest absolute Gasteiger partial charge is 0.441 e. The predicted molar refractivity (Wildman–Crippen MR) is 96.0 cm³/mol. The molecule has 1 aromatic carbocycles. The number of carbonyl (C=O) groups excluding carboxylic acids is 2. The Hall–Kier alpha value is -3.09. The van der Waals surface area contributed by atoms with Gasteiger partial charge in [0.1, 0.15) is 5.52 Å². The molecule has 1 aliphatic rings. The van der Waals surface area contributed by atoms with Crippen LogP contribution in [0.4, 0.5) is 0 Å². The Labute approximate surface area is 150 Å². The second-order valence-corrected chi connectivity index (χ2v) is 6.45. The van der Waals surface area contributed by atoms with Gasteiger partial charge < -0.3 is 19.2 Å². The molecule has 0 radical (unpaired) electrons. The Kier molecular flexibility index (Phi) is 4.20. The zero-order valence-corrected chi connectivity index (χ0v) is 14.6. The maximum Gasteiger partial charge on any atom is 0.255 e. The lowest BCUT2D eigenvalue weighted by atomic mass is 10.1. The summed E-state index contributed by atoms with van der Waals surface area (Å²) in [7, 11) is 0. The number of carbonyl (C=O) groups is 2. The monoisotopic (exact) mass is 352 g/mol. The molecule has 3 aromatic rings. The fraction of sp³-hybridized carbons (Fsp3) is 0.316. The molecule has 0 saturated carbocycles. The Morgan fingerprint density at radius 3 is 2.46 bits per heavy atom. The van der Waals surface area contributed by atoms with E-state index in [9.17, 15) is 9.59 Å². The first-order chi connectivity index (χ1) is 12.6. The average Bonchev–Trinajstić information content (AvgIpc) is 3.23. The Balaban J connectivity index is 1.47. The van der Waals surface area contributed by atoms with E-state index in [0.717, 1.165) is 6.42 Å². The highest BCUT2D eigenvalue weighted by atomic mass is 16.3. The molecule has 4 rings (SSSR count). The molecule has 134 valence electrons. The third-order valence-corrected chi connectivity index (χ3v) is 4.66. The number of oxazole rings is 1. The number of aromatic amines is 1. The summed E-state index contributed by atoms with van der Waals surface area (Å²) < 4.78 is 5.46. The number of benzene rings is 1. The van der Waals surface area contributed by atoms with Crippen molar-refractivity contribution in [1.29, 1.82) is 0 Å². The van der Waals surface area contributed by atoms with Crippen LogP contribution in [0.25, 0.3) is 11.1 Å². The van der Waals surface area contributed by atoms with Gasteiger partial charge in [-0.05, 0) is 30.7 Å². The van der Waals surface area contributed by atoms with E-state index in [0.29, 0.717) is 54.3 Å². The van der Waals surface area contributed by atoms with Crippen molar-refractivity contribution in [2.24, 2.45) is 0 Å². The number of amides is 2. The van der Waals surface area contributed by atoms with Crippen LogP contribution in [0.1, 0.15) is 33.0 Å². The van der Waals surface area contributed by atoms with E-state index < -0.39 is 0 Å². The highest BCUT2D eigenvalue weighted by Gasteiger charge is 2.24. The first-order valence-corrected chi connectivity index (χ1v) is 8.70. The quantitative estimate of drug-likeness (QED) is 0.768. The van der Waals surface area contributed by atoms with Gasteiger partial charge in [0, 0.05) is 51.1 Å². The molecular formula is C19H20N4O3. The van der Waals surface area contributed by atoms with Crippen molar-refractivity contribution in [3.63, 3.8) is 0 Å². The molecule has 26 heavy (non-hydrogen) atoms. The van der Waals surface area contributed by atoms with Gasteiger partial charge in [-0.25, -0.2) is 4.98 Å². The minimum Gasteiger partial charge on any atom is -0.441 e. The van der Waals surface area contributed by atoms with Crippen LogP contribution >= 0.6 is 0 Å². The van der Waals surface area contributed by atoms with Crippen LogP contribution in [0.3, 0.4) is 0 Å². The molecule has 2 amide bonds. The van der Waals surface area contributed by atoms with Gasteiger partial charge in [-0.1, -0.05) is 0 Å². The third-order valence-electron chi connectivity index (χ3n) is 4.66. The van der Waals surface area contributed by atoms with E-state index in [4.69, 9.17) is 4.42 Å². The maximum atomic E-state index is 12.9.